The second kappa shape index (κ2) is 10.9. The van der Waals surface area contributed by atoms with Gasteiger partial charge in [-0.25, -0.2) is 4.39 Å². The van der Waals surface area contributed by atoms with Crippen molar-refractivity contribution in [2.24, 2.45) is 23.2 Å². The largest absolute Gasteiger partial charge is 0.486 e. The molecule has 0 saturated heterocycles. The number of hydrogen-bond acceptors (Lipinski definition) is 5. The Bertz CT molecular complexity index is 1220. The van der Waals surface area contributed by atoms with E-state index in [4.69, 9.17) is 9.47 Å². The highest BCUT2D eigenvalue weighted by Gasteiger charge is 2.74. The first kappa shape index (κ1) is 26.3. The first-order valence-corrected chi connectivity index (χ1v) is 14.6. The number of aliphatic hydroxyl groups excluding tert-OH is 1. The maximum Gasteiger partial charge on any atom is 0.220 e. The Kier molecular flexibility index (Phi) is 7.36. The summed E-state index contributed by atoms with van der Waals surface area (Å²) in [5, 5.41) is 14.6. The molecule has 3 aliphatic carbocycles. The molecule has 2 aromatic carbocycles. The van der Waals surface area contributed by atoms with Crippen LogP contribution < -0.4 is 14.8 Å². The summed E-state index contributed by atoms with van der Waals surface area (Å²) < 4.78 is 24.4. The molecule has 208 valence electrons. The van der Waals surface area contributed by atoms with Crippen LogP contribution in [0.3, 0.4) is 0 Å². The van der Waals surface area contributed by atoms with Crippen molar-refractivity contribution >= 4 is 11.7 Å². The maximum atomic E-state index is 13.1. The third-order valence-electron chi connectivity index (χ3n) is 9.89. The number of ketones is 1. The van der Waals surface area contributed by atoms with E-state index in [2.05, 4.69) is 5.32 Å². The van der Waals surface area contributed by atoms with Crippen LogP contribution in [0.25, 0.3) is 0 Å². The minimum Gasteiger partial charge on any atom is -0.486 e. The smallest absolute Gasteiger partial charge is 0.220 e. The van der Waals surface area contributed by atoms with E-state index >= 15 is 0 Å². The summed E-state index contributed by atoms with van der Waals surface area (Å²) in [6, 6.07) is 10.8. The highest BCUT2D eigenvalue weighted by atomic mass is 19.1. The monoisotopic (exact) mass is 535 g/mol. The van der Waals surface area contributed by atoms with Crippen molar-refractivity contribution in [3.8, 4) is 11.5 Å². The van der Waals surface area contributed by atoms with E-state index in [1.54, 1.807) is 0 Å². The highest BCUT2D eigenvalue weighted by molar-refractivity contribution is 5.95. The standard InChI is InChI=1S/C32H38FNO5/c33-23-10-6-20(7-11-23)27(35)4-2-1-3-5-30(36)34-26(19-25-24-12-9-22-14-15-32(22,24)25)31(37)21-8-13-28-29(18-21)39-17-16-38-28/h6-8,10-11,13,18,22,24-26,31,37H,1-5,9,12,14-17,19H2,(H,34,36). The number of nitrogens with one attached hydrogen (secondary N) is 1. The summed E-state index contributed by atoms with van der Waals surface area (Å²) in [5.74, 6) is 3.07. The van der Waals surface area contributed by atoms with Crippen molar-refractivity contribution < 1.29 is 28.6 Å². The number of ether oxygens (including phenoxy) is 2. The number of rotatable bonds is 12. The van der Waals surface area contributed by atoms with Crippen molar-refractivity contribution in [1.29, 1.82) is 0 Å². The van der Waals surface area contributed by atoms with Crippen LogP contribution in [-0.4, -0.2) is 36.1 Å². The lowest BCUT2D eigenvalue weighted by Crippen LogP contribution is -2.41. The zero-order valence-electron chi connectivity index (χ0n) is 22.4. The van der Waals surface area contributed by atoms with Gasteiger partial charge in [-0.05, 0) is 110 Å². The third-order valence-corrected chi connectivity index (χ3v) is 9.89. The van der Waals surface area contributed by atoms with E-state index in [0.29, 0.717) is 67.3 Å². The number of amides is 1. The zero-order chi connectivity index (χ0) is 27.0. The molecule has 6 atom stereocenters. The van der Waals surface area contributed by atoms with Gasteiger partial charge in [0.1, 0.15) is 19.0 Å². The van der Waals surface area contributed by atoms with Crippen LogP contribution in [0.5, 0.6) is 11.5 Å². The second-order valence-corrected chi connectivity index (χ2v) is 11.9. The first-order valence-electron chi connectivity index (χ1n) is 14.6. The van der Waals surface area contributed by atoms with Crippen LogP contribution in [0.4, 0.5) is 4.39 Å². The van der Waals surface area contributed by atoms with E-state index in [1.165, 1.54) is 49.9 Å². The molecular formula is C32H38FNO5. The lowest BCUT2D eigenvalue weighted by atomic mass is 9.69. The van der Waals surface area contributed by atoms with Crippen molar-refractivity contribution in [2.45, 2.75) is 76.4 Å². The maximum absolute atomic E-state index is 13.1. The van der Waals surface area contributed by atoms with Crippen molar-refractivity contribution in [2.75, 3.05) is 13.2 Å². The van der Waals surface area contributed by atoms with Crippen LogP contribution in [-0.2, 0) is 4.79 Å². The van der Waals surface area contributed by atoms with Gasteiger partial charge in [0.2, 0.25) is 5.91 Å². The fourth-order valence-electron chi connectivity index (χ4n) is 7.76. The molecule has 3 fully saturated rings. The molecule has 0 radical (unpaired) electrons. The summed E-state index contributed by atoms with van der Waals surface area (Å²) >= 11 is 0. The normalized spacial score (nSPS) is 27.5. The Labute approximate surface area is 229 Å². The van der Waals surface area contributed by atoms with E-state index in [0.717, 1.165) is 30.2 Å². The van der Waals surface area contributed by atoms with E-state index in [1.807, 2.05) is 18.2 Å². The summed E-state index contributed by atoms with van der Waals surface area (Å²) in [4.78, 5) is 25.3. The number of halogens is 1. The van der Waals surface area contributed by atoms with Gasteiger partial charge in [-0.15, -0.1) is 0 Å². The van der Waals surface area contributed by atoms with Gasteiger partial charge in [-0.3, -0.25) is 9.59 Å². The fraction of sp³-hybridized carbons (Fsp3) is 0.562. The Morgan fingerprint density at radius 1 is 0.974 bits per heavy atom. The van der Waals surface area contributed by atoms with E-state index in [-0.39, 0.29) is 23.5 Å². The molecular weight excluding hydrogens is 497 g/mol. The minimum absolute atomic E-state index is 0.00859. The van der Waals surface area contributed by atoms with Crippen LogP contribution in [0.2, 0.25) is 0 Å². The number of Topliss-reactive ketones (excluding diaryl/α,β-unsaturated/α-hetero) is 1. The highest BCUT2D eigenvalue weighted by Crippen LogP contribution is 2.80. The molecule has 39 heavy (non-hydrogen) atoms. The molecule has 6 unspecified atom stereocenters. The average molecular weight is 536 g/mol. The molecule has 1 aliphatic heterocycles. The average Bonchev–Trinajstić information content (AvgIpc) is 3.51. The summed E-state index contributed by atoms with van der Waals surface area (Å²) in [7, 11) is 0. The predicted molar refractivity (Wildman–Crippen MR) is 144 cm³/mol. The second-order valence-electron chi connectivity index (χ2n) is 11.9. The molecule has 2 aromatic rings. The molecule has 2 N–H and O–H groups in total. The number of aliphatic hydroxyl groups is 1. The van der Waals surface area contributed by atoms with Gasteiger partial charge < -0.3 is 19.9 Å². The van der Waals surface area contributed by atoms with Gasteiger partial charge in [-0.2, -0.15) is 0 Å². The number of benzene rings is 2. The topological polar surface area (TPSA) is 84.9 Å². The van der Waals surface area contributed by atoms with Gasteiger partial charge >= 0.3 is 0 Å². The Balaban J connectivity index is 1.03. The predicted octanol–water partition coefficient (Wildman–Crippen LogP) is 5.77. The zero-order valence-corrected chi connectivity index (χ0v) is 22.4. The molecule has 7 heteroatoms. The van der Waals surface area contributed by atoms with Crippen molar-refractivity contribution in [3.05, 3.63) is 59.4 Å². The molecule has 6 rings (SSSR count). The fourth-order valence-corrected chi connectivity index (χ4v) is 7.76. The lowest BCUT2D eigenvalue weighted by Gasteiger charge is -2.37. The Hall–Kier alpha value is -2.93. The minimum atomic E-state index is -0.825. The number of unbranched alkanes of at least 4 members (excludes halogenated alkanes) is 2. The number of carbonyl (C=O) groups is 2. The Morgan fingerprint density at radius 2 is 1.74 bits per heavy atom. The van der Waals surface area contributed by atoms with Gasteiger partial charge in [0.05, 0.1) is 12.1 Å². The lowest BCUT2D eigenvalue weighted by molar-refractivity contribution is -0.123. The molecule has 1 amide bonds. The first-order chi connectivity index (χ1) is 19.0. The molecule has 6 nitrogen and oxygen atoms in total. The number of fused-ring (bicyclic) bond motifs is 1. The quantitative estimate of drug-likeness (QED) is 0.266. The van der Waals surface area contributed by atoms with Crippen LogP contribution in [0, 0.1) is 29.0 Å². The van der Waals surface area contributed by atoms with Crippen molar-refractivity contribution in [1.82, 2.24) is 5.32 Å². The third kappa shape index (κ3) is 5.18. The van der Waals surface area contributed by atoms with Crippen molar-refractivity contribution in [3.63, 3.8) is 0 Å². The van der Waals surface area contributed by atoms with Crippen LogP contribution >= 0.6 is 0 Å². The molecule has 1 heterocycles. The van der Waals surface area contributed by atoms with Crippen LogP contribution in [0.1, 0.15) is 86.2 Å². The van der Waals surface area contributed by atoms with Gasteiger partial charge in [-0.1, -0.05) is 12.5 Å². The molecule has 0 aromatic heterocycles. The van der Waals surface area contributed by atoms with E-state index in [9.17, 15) is 19.1 Å². The Morgan fingerprint density at radius 3 is 2.49 bits per heavy atom. The number of hydrogen-bond donors (Lipinski definition) is 2. The van der Waals surface area contributed by atoms with Gasteiger partial charge in [0.25, 0.3) is 0 Å². The van der Waals surface area contributed by atoms with Crippen LogP contribution in [0.15, 0.2) is 42.5 Å². The SMILES string of the molecule is O=C(CCCCCC(=O)c1ccc(F)cc1)NC(CC1C2CCC3CCC321)C(O)c1ccc2c(c1)OCCO2. The molecule has 1 spiro atoms. The number of carbonyl (C=O) groups excluding carboxylic acids is 2. The molecule has 0 bridgehead atoms. The van der Waals surface area contributed by atoms with Gasteiger partial charge in [0, 0.05) is 18.4 Å². The molecule has 3 saturated carbocycles. The summed E-state index contributed by atoms with van der Waals surface area (Å²) in [6.07, 6.45) is 8.08. The van der Waals surface area contributed by atoms with Gasteiger partial charge in [0.15, 0.2) is 17.3 Å². The molecule has 4 aliphatic rings. The summed E-state index contributed by atoms with van der Waals surface area (Å²) in [6.45, 7) is 0.996. The summed E-state index contributed by atoms with van der Waals surface area (Å²) in [5.41, 5.74) is 1.73. The van der Waals surface area contributed by atoms with E-state index < -0.39 is 6.10 Å².